The molecule has 0 aliphatic heterocycles. The van der Waals surface area contributed by atoms with Crippen LogP contribution in [0, 0.1) is 6.92 Å². The van der Waals surface area contributed by atoms with Crippen molar-refractivity contribution in [2.24, 2.45) is 0 Å². The third-order valence-corrected chi connectivity index (χ3v) is 6.38. The molecule has 0 fully saturated rings. The Bertz CT molecular complexity index is 1070. The van der Waals surface area contributed by atoms with Gasteiger partial charge in [-0.25, -0.2) is 4.98 Å². The van der Waals surface area contributed by atoms with Crippen molar-refractivity contribution in [3.8, 4) is 0 Å². The minimum atomic E-state index is -0.0995. The van der Waals surface area contributed by atoms with E-state index in [4.69, 9.17) is 0 Å². The second-order valence-corrected chi connectivity index (χ2v) is 8.51. The Hall–Kier alpha value is -2.63. The number of amides is 1. The van der Waals surface area contributed by atoms with Gasteiger partial charge in [-0.3, -0.25) is 4.79 Å². The monoisotopic (exact) mass is 390 g/mol. The standard InChI is InChI=1S/C22H18N2OS2/c1-15-7-9-17(10-8-15)21(25)23-18-11-12-19-20(13-18)27-22(24-19)26-14-16-5-3-2-4-6-16/h2-13H,14H2,1H3,(H,23,25). The smallest absolute Gasteiger partial charge is 0.255 e. The molecule has 27 heavy (non-hydrogen) atoms. The lowest BCUT2D eigenvalue weighted by molar-refractivity contribution is 0.102. The van der Waals surface area contributed by atoms with Crippen LogP contribution in [0.1, 0.15) is 21.5 Å². The average Bonchev–Trinajstić information content (AvgIpc) is 3.10. The quantitative estimate of drug-likeness (QED) is 0.416. The van der Waals surface area contributed by atoms with Gasteiger partial charge in [0.05, 0.1) is 10.2 Å². The Morgan fingerprint density at radius 1 is 1.04 bits per heavy atom. The lowest BCUT2D eigenvalue weighted by Crippen LogP contribution is -2.11. The van der Waals surface area contributed by atoms with Crippen LogP contribution in [0.25, 0.3) is 10.2 Å². The molecular weight excluding hydrogens is 372 g/mol. The van der Waals surface area contributed by atoms with Crippen molar-refractivity contribution in [1.29, 1.82) is 0 Å². The zero-order valence-electron chi connectivity index (χ0n) is 14.8. The second-order valence-electron chi connectivity index (χ2n) is 6.26. The number of aryl methyl sites for hydroxylation is 1. The summed E-state index contributed by atoms with van der Waals surface area (Å²) >= 11 is 3.39. The second kappa shape index (κ2) is 7.94. The SMILES string of the molecule is Cc1ccc(C(=O)Nc2ccc3nc(SCc4ccccc4)sc3c2)cc1. The van der Waals surface area contributed by atoms with Crippen molar-refractivity contribution in [2.45, 2.75) is 17.0 Å². The van der Waals surface area contributed by atoms with Gasteiger partial charge in [-0.2, -0.15) is 0 Å². The molecule has 0 aliphatic rings. The largest absolute Gasteiger partial charge is 0.322 e. The van der Waals surface area contributed by atoms with E-state index in [1.165, 1.54) is 5.56 Å². The van der Waals surface area contributed by atoms with Gasteiger partial charge in [-0.1, -0.05) is 59.8 Å². The van der Waals surface area contributed by atoms with Crippen LogP contribution in [0.3, 0.4) is 0 Å². The lowest BCUT2D eigenvalue weighted by Gasteiger charge is -2.05. The first-order valence-corrected chi connectivity index (χ1v) is 10.4. The molecule has 3 nitrogen and oxygen atoms in total. The predicted molar refractivity (Wildman–Crippen MR) is 115 cm³/mol. The van der Waals surface area contributed by atoms with Crippen molar-refractivity contribution in [1.82, 2.24) is 4.98 Å². The summed E-state index contributed by atoms with van der Waals surface area (Å²) in [7, 11) is 0. The van der Waals surface area contributed by atoms with Crippen LogP contribution in [0.4, 0.5) is 5.69 Å². The van der Waals surface area contributed by atoms with E-state index in [-0.39, 0.29) is 5.91 Å². The van der Waals surface area contributed by atoms with Crippen LogP contribution in [0.5, 0.6) is 0 Å². The van der Waals surface area contributed by atoms with Gasteiger partial charge in [-0.05, 0) is 42.8 Å². The number of carbonyl (C=O) groups excluding carboxylic acids is 1. The number of nitrogens with one attached hydrogen (secondary N) is 1. The number of aromatic nitrogens is 1. The van der Waals surface area contributed by atoms with Gasteiger partial charge < -0.3 is 5.32 Å². The number of carbonyl (C=O) groups is 1. The Balaban J connectivity index is 1.47. The van der Waals surface area contributed by atoms with Crippen LogP contribution < -0.4 is 5.32 Å². The fourth-order valence-electron chi connectivity index (χ4n) is 2.67. The minimum Gasteiger partial charge on any atom is -0.322 e. The molecule has 5 heteroatoms. The molecule has 0 bridgehead atoms. The molecule has 3 aromatic carbocycles. The fraction of sp³-hybridized carbons (Fsp3) is 0.0909. The van der Waals surface area contributed by atoms with Crippen molar-refractivity contribution >= 4 is 44.9 Å². The third-order valence-electron chi connectivity index (χ3n) is 4.15. The minimum absolute atomic E-state index is 0.0995. The van der Waals surface area contributed by atoms with Crippen molar-refractivity contribution in [2.75, 3.05) is 5.32 Å². The number of nitrogens with zero attached hydrogens (tertiary/aromatic N) is 1. The number of thioether (sulfide) groups is 1. The molecule has 0 atom stereocenters. The highest BCUT2D eigenvalue weighted by Crippen LogP contribution is 2.33. The maximum absolute atomic E-state index is 12.4. The summed E-state index contributed by atoms with van der Waals surface area (Å²) in [6.45, 7) is 2.01. The van der Waals surface area contributed by atoms with E-state index in [2.05, 4.69) is 34.6 Å². The number of hydrogen-bond donors (Lipinski definition) is 1. The Labute approximate surface area is 166 Å². The Kier molecular flexibility index (Phi) is 5.23. The molecule has 0 unspecified atom stereocenters. The highest BCUT2D eigenvalue weighted by Gasteiger charge is 2.09. The van der Waals surface area contributed by atoms with Crippen molar-refractivity contribution in [3.05, 3.63) is 89.5 Å². The van der Waals surface area contributed by atoms with Gasteiger partial charge in [0.25, 0.3) is 5.91 Å². The van der Waals surface area contributed by atoms with Gasteiger partial charge in [-0.15, -0.1) is 11.3 Å². The molecule has 134 valence electrons. The molecule has 4 rings (SSSR count). The molecule has 0 saturated carbocycles. The number of fused-ring (bicyclic) bond motifs is 1. The number of benzene rings is 3. The summed E-state index contributed by atoms with van der Waals surface area (Å²) in [4.78, 5) is 17.1. The van der Waals surface area contributed by atoms with Gasteiger partial charge in [0, 0.05) is 17.0 Å². The zero-order valence-corrected chi connectivity index (χ0v) is 16.4. The summed E-state index contributed by atoms with van der Waals surface area (Å²) < 4.78 is 2.11. The van der Waals surface area contributed by atoms with Crippen LogP contribution in [0.15, 0.2) is 77.1 Å². The normalized spacial score (nSPS) is 10.9. The molecule has 0 aliphatic carbocycles. The van der Waals surface area contributed by atoms with E-state index in [1.54, 1.807) is 23.1 Å². The molecule has 0 radical (unpaired) electrons. The third kappa shape index (κ3) is 4.38. The number of hydrogen-bond acceptors (Lipinski definition) is 4. The van der Waals surface area contributed by atoms with Gasteiger partial charge >= 0.3 is 0 Å². The highest BCUT2D eigenvalue weighted by atomic mass is 32.2. The first-order chi connectivity index (χ1) is 13.2. The van der Waals surface area contributed by atoms with Gasteiger partial charge in [0.2, 0.25) is 0 Å². The summed E-state index contributed by atoms with van der Waals surface area (Å²) in [5, 5.41) is 2.97. The summed E-state index contributed by atoms with van der Waals surface area (Å²) in [6.07, 6.45) is 0. The number of rotatable bonds is 5. The van der Waals surface area contributed by atoms with Crippen LogP contribution in [-0.4, -0.2) is 10.9 Å². The fourth-order valence-corrected chi connectivity index (χ4v) is 4.73. The highest BCUT2D eigenvalue weighted by molar-refractivity contribution is 8.00. The van der Waals surface area contributed by atoms with E-state index in [1.807, 2.05) is 55.5 Å². The molecule has 1 N–H and O–H groups in total. The summed E-state index contributed by atoms with van der Waals surface area (Å²) in [5.74, 6) is 0.801. The van der Waals surface area contributed by atoms with Crippen LogP contribution >= 0.6 is 23.1 Å². The van der Waals surface area contributed by atoms with E-state index >= 15 is 0 Å². The van der Waals surface area contributed by atoms with Gasteiger partial charge in [0.1, 0.15) is 0 Å². The van der Waals surface area contributed by atoms with E-state index in [0.717, 1.165) is 31.6 Å². The lowest BCUT2D eigenvalue weighted by atomic mass is 10.1. The number of thiazole rings is 1. The topological polar surface area (TPSA) is 42.0 Å². The van der Waals surface area contributed by atoms with Crippen molar-refractivity contribution < 1.29 is 4.79 Å². The molecule has 0 spiro atoms. The molecule has 1 amide bonds. The Morgan fingerprint density at radius 2 is 1.81 bits per heavy atom. The Morgan fingerprint density at radius 3 is 2.59 bits per heavy atom. The molecule has 0 saturated heterocycles. The first kappa shape index (κ1) is 17.8. The van der Waals surface area contributed by atoms with E-state index in [0.29, 0.717) is 5.56 Å². The maximum atomic E-state index is 12.4. The first-order valence-electron chi connectivity index (χ1n) is 8.63. The summed E-state index contributed by atoms with van der Waals surface area (Å²) in [6, 6.07) is 23.8. The molecule has 1 heterocycles. The zero-order chi connectivity index (χ0) is 18.6. The van der Waals surface area contributed by atoms with Crippen LogP contribution in [0.2, 0.25) is 0 Å². The van der Waals surface area contributed by atoms with E-state index in [9.17, 15) is 4.79 Å². The summed E-state index contributed by atoms with van der Waals surface area (Å²) in [5.41, 5.74) is 4.83. The molecule has 1 aromatic heterocycles. The maximum Gasteiger partial charge on any atom is 0.255 e. The molecular formula is C22H18N2OS2. The van der Waals surface area contributed by atoms with Crippen LogP contribution in [-0.2, 0) is 5.75 Å². The van der Waals surface area contributed by atoms with E-state index < -0.39 is 0 Å². The average molecular weight is 391 g/mol. The number of anilines is 1. The van der Waals surface area contributed by atoms with Gasteiger partial charge in [0.15, 0.2) is 4.34 Å². The van der Waals surface area contributed by atoms with Crippen molar-refractivity contribution in [3.63, 3.8) is 0 Å². The molecule has 4 aromatic rings. The predicted octanol–water partition coefficient (Wildman–Crippen LogP) is 6.15.